The van der Waals surface area contributed by atoms with Crippen molar-refractivity contribution in [1.29, 1.82) is 0 Å². The normalized spacial score (nSPS) is 9.93. The van der Waals surface area contributed by atoms with Gasteiger partial charge in [-0.15, -0.1) is 11.3 Å². The molecule has 2 aromatic heterocycles. The zero-order valence-electron chi connectivity index (χ0n) is 7.61. The van der Waals surface area contributed by atoms with Crippen molar-refractivity contribution in [3.05, 3.63) is 45.9 Å². The molecule has 0 atom stereocenters. The van der Waals surface area contributed by atoms with Gasteiger partial charge in [-0.2, -0.15) is 0 Å². The van der Waals surface area contributed by atoms with Gasteiger partial charge in [-0.1, -0.05) is 17.7 Å². The van der Waals surface area contributed by atoms with E-state index in [1.807, 2.05) is 0 Å². The van der Waals surface area contributed by atoms with Crippen LogP contribution in [0.4, 0.5) is 5.69 Å². The first-order chi connectivity index (χ1) is 7.27. The maximum atomic E-state index is 11.6. The second-order valence-electron chi connectivity index (χ2n) is 2.80. The standard InChI is InChI=1S/C10H7ClN2OS/c11-7-5-15-6-9(7)13-10(14)8-3-1-2-4-12-8/h1-6H,(H,13,14). The molecular weight excluding hydrogens is 232 g/mol. The molecule has 76 valence electrons. The highest BCUT2D eigenvalue weighted by Gasteiger charge is 2.09. The topological polar surface area (TPSA) is 42.0 Å². The van der Waals surface area contributed by atoms with Crippen molar-refractivity contribution < 1.29 is 4.79 Å². The number of amides is 1. The average Bonchev–Trinajstić information content (AvgIpc) is 2.66. The van der Waals surface area contributed by atoms with Crippen molar-refractivity contribution in [3.63, 3.8) is 0 Å². The van der Waals surface area contributed by atoms with E-state index >= 15 is 0 Å². The van der Waals surface area contributed by atoms with E-state index in [1.165, 1.54) is 11.3 Å². The predicted octanol–water partition coefficient (Wildman–Crippen LogP) is 3.05. The highest BCUT2D eigenvalue weighted by molar-refractivity contribution is 7.09. The molecule has 0 radical (unpaired) electrons. The Kier molecular flexibility index (Phi) is 2.99. The molecule has 2 aromatic rings. The summed E-state index contributed by atoms with van der Waals surface area (Å²) in [5.41, 5.74) is 0.997. The van der Waals surface area contributed by atoms with E-state index in [9.17, 15) is 4.79 Å². The van der Waals surface area contributed by atoms with Crippen molar-refractivity contribution in [2.75, 3.05) is 5.32 Å². The minimum Gasteiger partial charge on any atom is -0.319 e. The molecule has 0 aromatic carbocycles. The molecule has 0 aliphatic rings. The van der Waals surface area contributed by atoms with Crippen LogP contribution in [-0.2, 0) is 0 Å². The van der Waals surface area contributed by atoms with Crippen LogP contribution in [0.3, 0.4) is 0 Å². The molecule has 2 rings (SSSR count). The summed E-state index contributed by atoms with van der Waals surface area (Å²) in [4.78, 5) is 15.6. The number of aromatic nitrogens is 1. The summed E-state index contributed by atoms with van der Waals surface area (Å²) in [6, 6.07) is 5.17. The quantitative estimate of drug-likeness (QED) is 0.874. The van der Waals surface area contributed by atoms with Crippen molar-refractivity contribution in [2.45, 2.75) is 0 Å². The van der Waals surface area contributed by atoms with Gasteiger partial charge >= 0.3 is 0 Å². The Morgan fingerprint density at radius 1 is 1.40 bits per heavy atom. The van der Waals surface area contributed by atoms with Gasteiger partial charge < -0.3 is 5.32 Å². The van der Waals surface area contributed by atoms with Crippen LogP contribution in [0, 0.1) is 0 Å². The largest absolute Gasteiger partial charge is 0.319 e. The third-order valence-corrected chi connectivity index (χ3v) is 2.95. The lowest BCUT2D eigenvalue weighted by atomic mass is 10.3. The molecular formula is C10H7ClN2OS. The maximum Gasteiger partial charge on any atom is 0.274 e. The molecule has 5 heteroatoms. The molecule has 0 aliphatic heterocycles. The third-order valence-electron chi connectivity index (χ3n) is 1.76. The zero-order valence-corrected chi connectivity index (χ0v) is 9.18. The molecule has 1 N–H and O–H groups in total. The number of pyridine rings is 1. The fraction of sp³-hybridized carbons (Fsp3) is 0. The van der Waals surface area contributed by atoms with Crippen molar-refractivity contribution in [2.24, 2.45) is 0 Å². The van der Waals surface area contributed by atoms with E-state index in [0.717, 1.165) is 0 Å². The second kappa shape index (κ2) is 4.42. The molecule has 1 amide bonds. The van der Waals surface area contributed by atoms with Crippen LogP contribution in [0.2, 0.25) is 5.02 Å². The van der Waals surface area contributed by atoms with Crippen LogP contribution < -0.4 is 5.32 Å². The van der Waals surface area contributed by atoms with Crippen molar-refractivity contribution in [1.82, 2.24) is 4.98 Å². The van der Waals surface area contributed by atoms with Gasteiger partial charge in [0.15, 0.2) is 0 Å². The van der Waals surface area contributed by atoms with Crippen LogP contribution in [0.25, 0.3) is 0 Å². The smallest absolute Gasteiger partial charge is 0.274 e. The summed E-state index contributed by atoms with van der Waals surface area (Å²) >= 11 is 7.28. The van der Waals surface area contributed by atoms with Gasteiger partial charge in [0.1, 0.15) is 5.69 Å². The summed E-state index contributed by atoms with van der Waals surface area (Å²) in [6.07, 6.45) is 1.57. The summed E-state index contributed by atoms with van der Waals surface area (Å²) in [6.45, 7) is 0. The Morgan fingerprint density at radius 2 is 2.27 bits per heavy atom. The lowest BCUT2D eigenvalue weighted by molar-refractivity contribution is 0.102. The Balaban J connectivity index is 2.15. The Hall–Kier alpha value is -1.39. The molecule has 0 spiro atoms. The van der Waals surface area contributed by atoms with Gasteiger partial charge in [0.25, 0.3) is 5.91 Å². The fourth-order valence-corrected chi connectivity index (χ4v) is 2.01. The van der Waals surface area contributed by atoms with Gasteiger partial charge in [-0.25, -0.2) is 0 Å². The Bertz CT molecular complexity index is 469. The van der Waals surface area contributed by atoms with E-state index in [0.29, 0.717) is 16.4 Å². The lowest BCUT2D eigenvalue weighted by Crippen LogP contribution is -2.12. The summed E-state index contributed by atoms with van der Waals surface area (Å²) < 4.78 is 0. The molecule has 0 aliphatic carbocycles. The predicted molar refractivity (Wildman–Crippen MR) is 61.5 cm³/mol. The zero-order chi connectivity index (χ0) is 10.7. The number of carbonyl (C=O) groups is 1. The number of rotatable bonds is 2. The highest BCUT2D eigenvalue weighted by Crippen LogP contribution is 2.26. The maximum absolute atomic E-state index is 11.6. The second-order valence-corrected chi connectivity index (χ2v) is 3.95. The molecule has 3 nitrogen and oxygen atoms in total. The number of carbonyl (C=O) groups excluding carboxylic acids is 1. The first-order valence-electron chi connectivity index (χ1n) is 4.21. The van der Waals surface area contributed by atoms with Gasteiger partial charge in [0.05, 0.1) is 10.7 Å². The number of thiophene rings is 1. The highest BCUT2D eigenvalue weighted by atomic mass is 35.5. The van der Waals surface area contributed by atoms with Crippen molar-refractivity contribution in [3.8, 4) is 0 Å². The van der Waals surface area contributed by atoms with E-state index in [-0.39, 0.29) is 5.91 Å². The summed E-state index contributed by atoms with van der Waals surface area (Å²) in [7, 11) is 0. The van der Waals surface area contributed by atoms with Crippen LogP contribution in [0.5, 0.6) is 0 Å². The SMILES string of the molecule is O=C(Nc1cscc1Cl)c1ccccn1. The number of hydrogen-bond acceptors (Lipinski definition) is 3. The van der Waals surface area contributed by atoms with E-state index in [2.05, 4.69) is 10.3 Å². The number of nitrogens with one attached hydrogen (secondary N) is 1. The van der Waals surface area contributed by atoms with E-state index < -0.39 is 0 Å². The lowest BCUT2D eigenvalue weighted by Gasteiger charge is -2.01. The van der Waals surface area contributed by atoms with Crippen LogP contribution in [-0.4, -0.2) is 10.9 Å². The number of anilines is 1. The third kappa shape index (κ3) is 2.34. The molecule has 2 heterocycles. The van der Waals surface area contributed by atoms with Crippen molar-refractivity contribution >= 4 is 34.5 Å². The first-order valence-corrected chi connectivity index (χ1v) is 5.53. The molecule has 0 fully saturated rings. The molecule has 0 saturated carbocycles. The summed E-state index contributed by atoms with van der Waals surface area (Å²) in [5, 5.41) is 6.77. The Labute approximate surface area is 95.7 Å². The molecule has 0 bridgehead atoms. The summed E-state index contributed by atoms with van der Waals surface area (Å²) in [5.74, 6) is -0.254. The monoisotopic (exact) mass is 238 g/mol. The van der Waals surface area contributed by atoms with E-state index in [1.54, 1.807) is 35.2 Å². The number of hydrogen-bond donors (Lipinski definition) is 1. The Morgan fingerprint density at radius 3 is 2.87 bits per heavy atom. The average molecular weight is 239 g/mol. The first kappa shape index (κ1) is 10.1. The molecule has 0 unspecified atom stereocenters. The van der Waals surface area contributed by atoms with Gasteiger partial charge in [-0.3, -0.25) is 9.78 Å². The van der Waals surface area contributed by atoms with Gasteiger partial charge in [0.2, 0.25) is 0 Å². The fourth-order valence-electron chi connectivity index (χ4n) is 1.05. The molecule has 15 heavy (non-hydrogen) atoms. The van der Waals surface area contributed by atoms with Crippen LogP contribution >= 0.6 is 22.9 Å². The minimum atomic E-state index is -0.254. The van der Waals surface area contributed by atoms with E-state index in [4.69, 9.17) is 11.6 Å². The number of nitrogens with zero attached hydrogens (tertiary/aromatic N) is 1. The van der Waals surface area contributed by atoms with Gasteiger partial charge in [0, 0.05) is 17.0 Å². The van der Waals surface area contributed by atoms with Crippen LogP contribution in [0.1, 0.15) is 10.5 Å². The number of halogens is 1. The van der Waals surface area contributed by atoms with Gasteiger partial charge in [-0.05, 0) is 12.1 Å². The molecule has 0 saturated heterocycles. The van der Waals surface area contributed by atoms with Crippen LogP contribution in [0.15, 0.2) is 35.2 Å². The minimum absolute atomic E-state index is 0.254.